The Kier molecular flexibility index (Phi) is 4.80. The third kappa shape index (κ3) is 3.16. The normalized spacial score (nSPS) is 24.4. The Hall–Kier alpha value is -2.08. The van der Waals surface area contributed by atoms with Crippen molar-refractivity contribution in [2.75, 3.05) is 6.61 Å². The molecular formula is C13H18N4O4. The summed E-state index contributed by atoms with van der Waals surface area (Å²) in [6.07, 6.45) is 1.69. The number of carbonyl (C=O) groups is 3. The monoisotopic (exact) mass is 294 g/mol. The molecule has 8 heteroatoms. The van der Waals surface area contributed by atoms with Crippen LogP contribution in [0.1, 0.15) is 39.0 Å². The van der Waals surface area contributed by atoms with Crippen LogP contribution in [0.4, 0.5) is 4.79 Å². The number of hydrogen-bond donors (Lipinski definition) is 0. The summed E-state index contributed by atoms with van der Waals surface area (Å²) in [7, 11) is 0. The van der Waals surface area contributed by atoms with Crippen molar-refractivity contribution in [3.05, 3.63) is 10.4 Å². The smallest absolute Gasteiger partial charge is 0.416 e. The van der Waals surface area contributed by atoms with Crippen molar-refractivity contribution in [3.63, 3.8) is 0 Å². The lowest BCUT2D eigenvalue weighted by Gasteiger charge is -2.29. The molecule has 2 amide bonds. The number of hydrogen-bond acceptors (Lipinski definition) is 5. The Morgan fingerprint density at radius 3 is 2.71 bits per heavy atom. The third-order valence-electron chi connectivity index (χ3n) is 4.13. The van der Waals surface area contributed by atoms with E-state index in [9.17, 15) is 14.4 Å². The molecule has 1 saturated heterocycles. The second-order valence-corrected chi connectivity index (χ2v) is 5.37. The highest BCUT2D eigenvalue weighted by Crippen LogP contribution is 2.29. The fourth-order valence-corrected chi connectivity index (χ4v) is 2.85. The summed E-state index contributed by atoms with van der Waals surface area (Å²) in [6, 6.07) is -1.26. The molecule has 2 rings (SSSR count). The number of amides is 2. The molecule has 1 aliphatic heterocycles. The summed E-state index contributed by atoms with van der Waals surface area (Å²) in [5, 5.41) is 3.59. The Morgan fingerprint density at radius 1 is 1.48 bits per heavy atom. The summed E-state index contributed by atoms with van der Waals surface area (Å²) in [6.45, 7) is 2.03. The van der Waals surface area contributed by atoms with Gasteiger partial charge in [-0.25, -0.2) is 9.69 Å². The number of imide groups is 1. The molecule has 0 aromatic carbocycles. The quantitative estimate of drug-likeness (QED) is 0.449. The van der Waals surface area contributed by atoms with Gasteiger partial charge in [0.2, 0.25) is 5.91 Å². The number of rotatable bonds is 4. The molecule has 0 aromatic rings. The van der Waals surface area contributed by atoms with Crippen molar-refractivity contribution in [3.8, 4) is 0 Å². The minimum atomic E-state index is -0.942. The van der Waals surface area contributed by atoms with Crippen molar-refractivity contribution >= 4 is 17.8 Å². The first-order chi connectivity index (χ1) is 10.1. The van der Waals surface area contributed by atoms with Gasteiger partial charge >= 0.3 is 6.09 Å². The van der Waals surface area contributed by atoms with Crippen LogP contribution in [0.25, 0.3) is 10.4 Å². The van der Waals surface area contributed by atoms with Gasteiger partial charge in [0.15, 0.2) is 0 Å². The predicted octanol–water partition coefficient (Wildman–Crippen LogP) is 2.18. The second kappa shape index (κ2) is 6.58. The fourth-order valence-electron chi connectivity index (χ4n) is 2.85. The van der Waals surface area contributed by atoms with Crippen molar-refractivity contribution < 1.29 is 19.1 Å². The minimum Gasteiger partial charge on any atom is -0.447 e. The van der Waals surface area contributed by atoms with Crippen molar-refractivity contribution in [2.24, 2.45) is 11.0 Å². The number of carbonyl (C=O) groups excluding carboxylic acids is 3. The SMILES string of the molecule is CC[C@H]1COC(=O)N1C(=O)[C@@H](N=[N+]=[N-])C1CCC(=O)CC1. The highest BCUT2D eigenvalue weighted by atomic mass is 16.6. The van der Waals surface area contributed by atoms with Gasteiger partial charge in [-0.15, -0.1) is 0 Å². The Bertz CT molecular complexity index is 490. The van der Waals surface area contributed by atoms with Crippen molar-refractivity contribution in [1.29, 1.82) is 0 Å². The number of azide groups is 1. The van der Waals surface area contributed by atoms with E-state index in [4.69, 9.17) is 10.3 Å². The average Bonchev–Trinajstić information content (AvgIpc) is 2.86. The maximum absolute atomic E-state index is 12.6. The number of ketones is 1. The van der Waals surface area contributed by atoms with Crippen LogP contribution in [0, 0.1) is 5.92 Å². The molecule has 2 fully saturated rings. The van der Waals surface area contributed by atoms with Gasteiger partial charge < -0.3 is 4.74 Å². The van der Waals surface area contributed by atoms with E-state index in [1.54, 1.807) is 0 Å². The molecule has 2 aliphatic rings. The van der Waals surface area contributed by atoms with E-state index in [0.717, 1.165) is 4.90 Å². The van der Waals surface area contributed by atoms with Crippen LogP contribution in [-0.2, 0) is 14.3 Å². The molecule has 0 spiro atoms. The van der Waals surface area contributed by atoms with Crippen LogP contribution in [0.15, 0.2) is 5.11 Å². The van der Waals surface area contributed by atoms with E-state index in [1.165, 1.54) is 0 Å². The van der Waals surface area contributed by atoms with Crippen LogP contribution in [0.2, 0.25) is 0 Å². The van der Waals surface area contributed by atoms with E-state index < -0.39 is 18.0 Å². The van der Waals surface area contributed by atoms with Gasteiger partial charge in [-0.1, -0.05) is 12.0 Å². The zero-order chi connectivity index (χ0) is 15.4. The Balaban J connectivity index is 2.17. The average molecular weight is 294 g/mol. The zero-order valence-corrected chi connectivity index (χ0v) is 11.9. The molecule has 114 valence electrons. The first kappa shape index (κ1) is 15.3. The summed E-state index contributed by atoms with van der Waals surface area (Å²) in [5.41, 5.74) is 8.70. The van der Waals surface area contributed by atoms with Gasteiger partial charge in [0.1, 0.15) is 18.4 Å². The van der Waals surface area contributed by atoms with Crippen LogP contribution in [-0.4, -0.2) is 41.4 Å². The molecule has 0 unspecified atom stereocenters. The standard InChI is InChI=1S/C13H18N4O4/c1-2-9-7-21-13(20)17(9)12(19)11(15-16-14)8-3-5-10(18)6-4-8/h8-9,11H,2-7H2,1H3/t9-,11-/m0/s1. The molecule has 21 heavy (non-hydrogen) atoms. The Labute approximate surface area is 122 Å². The fraction of sp³-hybridized carbons (Fsp3) is 0.769. The summed E-state index contributed by atoms with van der Waals surface area (Å²) >= 11 is 0. The van der Waals surface area contributed by atoms with Gasteiger partial charge in [0, 0.05) is 17.8 Å². The summed E-state index contributed by atoms with van der Waals surface area (Å²) in [5.74, 6) is -0.552. The molecule has 1 saturated carbocycles. The molecule has 8 nitrogen and oxygen atoms in total. The van der Waals surface area contributed by atoms with Crippen LogP contribution >= 0.6 is 0 Å². The lowest BCUT2D eigenvalue weighted by Crippen LogP contribution is -2.46. The number of ether oxygens (including phenoxy) is 1. The molecule has 0 radical (unpaired) electrons. The maximum Gasteiger partial charge on any atom is 0.416 e. The van der Waals surface area contributed by atoms with Gasteiger partial charge in [-0.3, -0.25) is 9.59 Å². The first-order valence-corrected chi connectivity index (χ1v) is 7.14. The van der Waals surface area contributed by atoms with Crippen LogP contribution in [0.3, 0.4) is 0 Å². The van der Waals surface area contributed by atoms with Crippen molar-refractivity contribution in [2.45, 2.75) is 51.1 Å². The van der Waals surface area contributed by atoms with Gasteiger partial charge in [-0.05, 0) is 30.7 Å². The highest BCUT2D eigenvalue weighted by Gasteiger charge is 2.42. The molecular weight excluding hydrogens is 276 g/mol. The van der Waals surface area contributed by atoms with E-state index in [1.807, 2.05) is 6.92 Å². The van der Waals surface area contributed by atoms with Crippen molar-refractivity contribution in [1.82, 2.24) is 4.90 Å². The molecule has 1 heterocycles. The molecule has 1 aliphatic carbocycles. The molecule has 0 aromatic heterocycles. The number of nitrogens with zero attached hydrogens (tertiary/aromatic N) is 4. The van der Waals surface area contributed by atoms with E-state index >= 15 is 0 Å². The third-order valence-corrected chi connectivity index (χ3v) is 4.13. The Morgan fingerprint density at radius 2 is 2.14 bits per heavy atom. The minimum absolute atomic E-state index is 0.158. The van der Waals surface area contributed by atoms with E-state index in [2.05, 4.69) is 10.0 Å². The van der Waals surface area contributed by atoms with Crippen LogP contribution < -0.4 is 0 Å². The van der Waals surface area contributed by atoms with Crippen LogP contribution in [0.5, 0.6) is 0 Å². The summed E-state index contributed by atoms with van der Waals surface area (Å²) in [4.78, 5) is 39.4. The van der Waals surface area contributed by atoms with Gasteiger partial charge in [0.25, 0.3) is 0 Å². The molecule has 0 bridgehead atoms. The molecule has 0 N–H and O–H groups in total. The number of Topliss-reactive ketones (excluding diaryl/α,β-unsaturated/α-hetero) is 1. The predicted molar refractivity (Wildman–Crippen MR) is 72.2 cm³/mol. The lowest BCUT2D eigenvalue weighted by atomic mass is 9.83. The topological polar surface area (TPSA) is 112 Å². The number of cyclic esters (lactones) is 1. The summed E-state index contributed by atoms with van der Waals surface area (Å²) < 4.78 is 4.90. The molecule has 2 atom stereocenters. The second-order valence-electron chi connectivity index (χ2n) is 5.37. The van der Waals surface area contributed by atoms with E-state index in [0.29, 0.717) is 32.1 Å². The lowest BCUT2D eigenvalue weighted by molar-refractivity contribution is -0.133. The highest BCUT2D eigenvalue weighted by molar-refractivity contribution is 5.96. The van der Waals surface area contributed by atoms with Gasteiger partial charge in [-0.2, -0.15) is 0 Å². The maximum atomic E-state index is 12.6. The largest absolute Gasteiger partial charge is 0.447 e. The van der Waals surface area contributed by atoms with Gasteiger partial charge in [0.05, 0.1) is 6.04 Å². The zero-order valence-electron chi connectivity index (χ0n) is 11.9. The first-order valence-electron chi connectivity index (χ1n) is 7.14. The van der Waals surface area contributed by atoms with E-state index in [-0.39, 0.29) is 24.3 Å².